The molecular formula is C17H17N3O3. The fourth-order valence-electron chi connectivity index (χ4n) is 2.46. The maximum Gasteiger partial charge on any atom is 0.268 e. The Hall–Kier alpha value is -3.02. The molecule has 6 heteroatoms. The van der Waals surface area contributed by atoms with Crippen LogP contribution in [-0.2, 0) is 9.59 Å². The molecule has 0 aliphatic carbocycles. The molecule has 0 radical (unpaired) electrons. The van der Waals surface area contributed by atoms with Crippen LogP contribution in [0, 0.1) is 0 Å². The van der Waals surface area contributed by atoms with Gasteiger partial charge in [0.05, 0.1) is 5.69 Å². The van der Waals surface area contributed by atoms with Crippen molar-refractivity contribution >= 4 is 28.9 Å². The standard InChI is InChI=1S/C17H17N3O3/c1-11-17(22)20(14-8-7-12(18)9-15(14)23-11)10-16(21)19-13-5-3-2-4-6-13/h2-9,11H,10,18H2,1H3,(H,19,21). The molecule has 2 aromatic rings. The summed E-state index contributed by atoms with van der Waals surface area (Å²) in [6.07, 6.45) is -0.658. The molecule has 0 saturated heterocycles. The number of hydrogen-bond donors (Lipinski definition) is 2. The number of hydrogen-bond acceptors (Lipinski definition) is 4. The molecule has 2 aromatic carbocycles. The molecule has 0 saturated carbocycles. The SMILES string of the molecule is CC1Oc2cc(N)ccc2N(CC(=O)Nc2ccccc2)C1=O. The second-order valence-electron chi connectivity index (χ2n) is 5.33. The van der Waals surface area contributed by atoms with E-state index in [1.807, 2.05) is 18.2 Å². The van der Waals surface area contributed by atoms with Gasteiger partial charge in [0.2, 0.25) is 5.91 Å². The van der Waals surface area contributed by atoms with Gasteiger partial charge in [-0.3, -0.25) is 14.5 Å². The van der Waals surface area contributed by atoms with E-state index >= 15 is 0 Å². The molecule has 118 valence electrons. The smallest absolute Gasteiger partial charge is 0.268 e. The normalized spacial score (nSPS) is 16.5. The van der Waals surface area contributed by atoms with E-state index in [0.29, 0.717) is 22.8 Å². The van der Waals surface area contributed by atoms with Crippen LogP contribution in [0.2, 0.25) is 0 Å². The molecule has 0 bridgehead atoms. The number of nitrogens with one attached hydrogen (secondary N) is 1. The molecule has 23 heavy (non-hydrogen) atoms. The molecule has 0 aromatic heterocycles. The van der Waals surface area contributed by atoms with Gasteiger partial charge in [0.25, 0.3) is 5.91 Å². The molecular weight excluding hydrogens is 294 g/mol. The first-order valence-electron chi connectivity index (χ1n) is 7.27. The Morgan fingerprint density at radius 1 is 1.26 bits per heavy atom. The molecule has 2 amide bonds. The maximum absolute atomic E-state index is 12.4. The number of nitrogens with two attached hydrogens (primary N) is 1. The Labute approximate surface area is 133 Å². The lowest BCUT2D eigenvalue weighted by atomic mass is 10.1. The number of anilines is 3. The number of amides is 2. The minimum atomic E-state index is -0.658. The highest BCUT2D eigenvalue weighted by atomic mass is 16.5. The van der Waals surface area contributed by atoms with Gasteiger partial charge >= 0.3 is 0 Å². The van der Waals surface area contributed by atoms with Gasteiger partial charge in [-0.2, -0.15) is 0 Å². The maximum atomic E-state index is 12.4. The van der Waals surface area contributed by atoms with Gasteiger partial charge in [-0.05, 0) is 31.2 Å². The Bertz CT molecular complexity index is 746. The Balaban J connectivity index is 1.81. The van der Waals surface area contributed by atoms with E-state index < -0.39 is 6.10 Å². The summed E-state index contributed by atoms with van der Waals surface area (Å²) in [5, 5.41) is 2.77. The van der Waals surface area contributed by atoms with Crippen LogP contribution in [0.15, 0.2) is 48.5 Å². The van der Waals surface area contributed by atoms with Gasteiger partial charge in [-0.15, -0.1) is 0 Å². The molecule has 6 nitrogen and oxygen atoms in total. The van der Waals surface area contributed by atoms with E-state index in [1.165, 1.54) is 4.90 Å². The molecule has 0 fully saturated rings. The van der Waals surface area contributed by atoms with Crippen LogP contribution in [0.4, 0.5) is 17.1 Å². The van der Waals surface area contributed by atoms with Crippen molar-refractivity contribution in [3.05, 3.63) is 48.5 Å². The van der Waals surface area contributed by atoms with Crippen molar-refractivity contribution in [3.8, 4) is 5.75 Å². The average Bonchev–Trinajstić information content (AvgIpc) is 2.52. The lowest BCUT2D eigenvalue weighted by Crippen LogP contribution is -2.47. The summed E-state index contributed by atoms with van der Waals surface area (Å²) < 4.78 is 5.55. The average molecular weight is 311 g/mol. The molecule has 3 N–H and O–H groups in total. The summed E-state index contributed by atoms with van der Waals surface area (Å²) in [4.78, 5) is 26.0. The number of benzene rings is 2. The van der Waals surface area contributed by atoms with E-state index in [4.69, 9.17) is 10.5 Å². The van der Waals surface area contributed by atoms with Crippen molar-refractivity contribution in [2.24, 2.45) is 0 Å². The summed E-state index contributed by atoms with van der Waals surface area (Å²) in [5.41, 5.74) is 7.52. The zero-order valence-corrected chi connectivity index (χ0v) is 12.7. The lowest BCUT2D eigenvalue weighted by Gasteiger charge is -2.32. The van der Waals surface area contributed by atoms with Gasteiger partial charge < -0.3 is 15.8 Å². The Kier molecular flexibility index (Phi) is 3.89. The van der Waals surface area contributed by atoms with Crippen molar-refractivity contribution in [3.63, 3.8) is 0 Å². The van der Waals surface area contributed by atoms with Crippen LogP contribution in [0.3, 0.4) is 0 Å². The summed E-state index contributed by atoms with van der Waals surface area (Å²) in [6, 6.07) is 14.1. The number of fused-ring (bicyclic) bond motifs is 1. The highest BCUT2D eigenvalue weighted by molar-refractivity contribution is 6.06. The highest BCUT2D eigenvalue weighted by Gasteiger charge is 2.32. The molecule has 1 aliphatic rings. The summed E-state index contributed by atoms with van der Waals surface area (Å²) in [6.45, 7) is 1.56. The van der Waals surface area contributed by atoms with Crippen LogP contribution < -0.4 is 20.7 Å². The number of para-hydroxylation sites is 1. The van der Waals surface area contributed by atoms with Crippen molar-refractivity contribution in [1.29, 1.82) is 0 Å². The quantitative estimate of drug-likeness (QED) is 0.849. The summed E-state index contributed by atoms with van der Waals surface area (Å²) >= 11 is 0. The number of carbonyl (C=O) groups is 2. The number of carbonyl (C=O) groups excluding carboxylic acids is 2. The number of nitrogen functional groups attached to an aromatic ring is 1. The molecule has 1 heterocycles. The van der Waals surface area contributed by atoms with Gasteiger partial charge in [-0.25, -0.2) is 0 Å². The van der Waals surface area contributed by atoms with E-state index in [-0.39, 0.29) is 18.4 Å². The predicted octanol–water partition coefficient (Wildman–Crippen LogP) is 2.02. The lowest BCUT2D eigenvalue weighted by molar-refractivity contribution is -0.127. The van der Waals surface area contributed by atoms with Crippen LogP contribution in [0.25, 0.3) is 0 Å². The minimum absolute atomic E-state index is 0.0850. The molecule has 0 spiro atoms. The monoisotopic (exact) mass is 311 g/mol. The van der Waals surface area contributed by atoms with Crippen molar-refractivity contribution < 1.29 is 14.3 Å². The van der Waals surface area contributed by atoms with Gasteiger partial charge in [-0.1, -0.05) is 18.2 Å². The zero-order chi connectivity index (χ0) is 16.4. The Morgan fingerprint density at radius 3 is 2.74 bits per heavy atom. The van der Waals surface area contributed by atoms with Crippen LogP contribution in [0.1, 0.15) is 6.92 Å². The molecule has 1 unspecified atom stereocenters. The first kappa shape index (κ1) is 14.9. The van der Waals surface area contributed by atoms with Crippen molar-refractivity contribution in [2.45, 2.75) is 13.0 Å². The molecule has 1 atom stereocenters. The van der Waals surface area contributed by atoms with Crippen LogP contribution >= 0.6 is 0 Å². The number of nitrogens with zero attached hydrogens (tertiary/aromatic N) is 1. The predicted molar refractivity (Wildman–Crippen MR) is 88.4 cm³/mol. The second-order valence-corrected chi connectivity index (χ2v) is 5.33. The van der Waals surface area contributed by atoms with Gasteiger partial charge in [0, 0.05) is 17.4 Å². The summed E-state index contributed by atoms with van der Waals surface area (Å²) in [5.74, 6) is -0.0310. The molecule has 1 aliphatic heterocycles. The van der Waals surface area contributed by atoms with E-state index in [9.17, 15) is 9.59 Å². The zero-order valence-electron chi connectivity index (χ0n) is 12.7. The third kappa shape index (κ3) is 3.11. The van der Waals surface area contributed by atoms with E-state index in [1.54, 1.807) is 37.3 Å². The van der Waals surface area contributed by atoms with E-state index in [2.05, 4.69) is 5.32 Å². The van der Waals surface area contributed by atoms with Crippen LogP contribution in [-0.4, -0.2) is 24.5 Å². The second kappa shape index (κ2) is 6.00. The van der Waals surface area contributed by atoms with Gasteiger partial charge in [0.1, 0.15) is 12.3 Å². The van der Waals surface area contributed by atoms with Crippen LogP contribution in [0.5, 0.6) is 5.75 Å². The Morgan fingerprint density at radius 2 is 2.00 bits per heavy atom. The fourth-order valence-corrected chi connectivity index (χ4v) is 2.46. The number of ether oxygens (including phenoxy) is 1. The first-order valence-corrected chi connectivity index (χ1v) is 7.27. The van der Waals surface area contributed by atoms with Crippen molar-refractivity contribution in [2.75, 3.05) is 22.5 Å². The molecule has 3 rings (SSSR count). The minimum Gasteiger partial charge on any atom is -0.479 e. The third-order valence-corrected chi connectivity index (χ3v) is 3.55. The number of rotatable bonds is 3. The van der Waals surface area contributed by atoms with Gasteiger partial charge in [0.15, 0.2) is 6.10 Å². The summed E-state index contributed by atoms with van der Waals surface area (Å²) in [7, 11) is 0. The van der Waals surface area contributed by atoms with Crippen molar-refractivity contribution in [1.82, 2.24) is 0 Å². The van der Waals surface area contributed by atoms with E-state index in [0.717, 1.165) is 0 Å². The first-order chi connectivity index (χ1) is 11.0. The topological polar surface area (TPSA) is 84.7 Å². The largest absolute Gasteiger partial charge is 0.479 e. The fraction of sp³-hybridized carbons (Fsp3) is 0.176. The highest BCUT2D eigenvalue weighted by Crippen LogP contribution is 2.35. The third-order valence-electron chi connectivity index (χ3n) is 3.55.